The molecule has 4 rings (SSSR count). The number of rotatable bonds is 4. The van der Waals surface area contributed by atoms with Gasteiger partial charge in [0.15, 0.2) is 0 Å². The molecule has 0 unspecified atom stereocenters. The summed E-state index contributed by atoms with van der Waals surface area (Å²) in [5.74, 6) is 0.0580. The molecule has 2 saturated heterocycles. The third-order valence-electron chi connectivity index (χ3n) is 4.97. The fraction of sp³-hybridized carbons (Fsp3) is 0.421. The van der Waals surface area contributed by atoms with E-state index in [4.69, 9.17) is 0 Å². The first-order valence-electron chi connectivity index (χ1n) is 8.74. The summed E-state index contributed by atoms with van der Waals surface area (Å²) in [4.78, 5) is 18.6. The Hall–Kier alpha value is -1.73. The number of β-amino-alcohol motifs (C(OH)–C–C–N with tert-alkyl or cyclic N) is 1. The van der Waals surface area contributed by atoms with E-state index in [0.29, 0.717) is 19.6 Å². The van der Waals surface area contributed by atoms with Crippen molar-refractivity contribution in [2.45, 2.75) is 18.7 Å². The van der Waals surface area contributed by atoms with Gasteiger partial charge in [0.2, 0.25) is 5.91 Å². The van der Waals surface area contributed by atoms with Crippen LogP contribution in [0.2, 0.25) is 0 Å². The van der Waals surface area contributed by atoms with Crippen LogP contribution in [0.1, 0.15) is 4.88 Å². The first kappa shape index (κ1) is 16.7. The number of amides is 1. The Morgan fingerprint density at radius 3 is 2.80 bits per heavy atom. The summed E-state index contributed by atoms with van der Waals surface area (Å²) in [6, 6.07) is 14.8. The highest BCUT2D eigenvalue weighted by Gasteiger charge is 2.37. The molecule has 0 saturated carbocycles. The molecule has 132 valence electrons. The van der Waals surface area contributed by atoms with Crippen LogP contribution in [-0.2, 0) is 11.3 Å². The topological polar surface area (TPSA) is 55.8 Å². The lowest BCUT2D eigenvalue weighted by Gasteiger charge is -2.33. The van der Waals surface area contributed by atoms with Crippen LogP contribution in [0.25, 0.3) is 10.4 Å². The van der Waals surface area contributed by atoms with E-state index in [2.05, 4.69) is 51.5 Å². The van der Waals surface area contributed by atoms with E-state index in [0.717, 1.165) is 19.6 Å². The Balaban J connectivity index is 1.39. The van der Waals surface area contributed by atoms with Crippen LogP contribution in [0, 0.1) is 0 Å². The van der Waals surface area contributed by atoms with Crippen molar-refractivity contribution in [1.82, 2.24) is 15.1 Å². The zero-order valence-electron chi connectivity index (χ0n) is 14.1. The SMILES string of the molecule is O=C1CN([C@@H]2CN(Cc3ccc(-c4ccccc4)s3)C[C@H]2O)CCN1. The van der Waals surface area contributed by atoms with Gasteiger partial charge in [0.25, 0.3) is 0 Å². The second kappa shape index (κ2) is 7.25. The van der Waals surface area contributed by atoms with Gasteiger partial charge in [-0.15, -0.1) is 11.3 Å². The summed E-state index contributed by atoms with van der Waals surface area (Å²) in [5, 5.41) is 13.3. The first-order chi connectivity index (χ1) is 12.2. The lowest BCUT2D eigenvalue weighted by Crippen LogP contribution is -2.54. The highest BCUT2D eigenvalue weighted by molar-refractivity contribution is 7.15. The number of aliphatic hydroxyl groups is 1. The summed E-state index contributed by atoms with van der Waals surface area (Å²) in [6.45, 7) is 4.22. The zero-order chi connectivity index (χ0) is 17.2. The first-order valence-corrected chi connectivity index (χ1v) is 9.56. The quantitative estimate of drug-likeness (QED) is 0.868. The van der Waals surface area contributed by atoms with Gasteiger partial charge in [0, 0.05) is 42.5 Å². The Bertz CT molecular complexity index is 733. The maximum absolute atomic E-state index is 11.6. The molecule has 2 fully saturated rings. The van der Waals surface area contributed by atoms with Crippen molar-refractivity contribution in [2.24, 2.45) is 0 Å². The van der Waals surface area contributed by atoms with Gasteiger partial charge >= 0.3 is 0 Å². The Labute approximate surface area is 151 Å². The van der Waals surface area contributed by atoms with E-state index in [1.54, 1.807) is 0 Å². The van der Waals surface area contributed by atoms with Crippen LogP contribution in [0.5, 0.6) is 0 Å². The normalized spacial score (nSPS) is 25.2. The summed E-state index contributed by atoms with van der Waals surface area (Å²) in [5.41, 5.74) is 1.25. The Kier molecular flexibility index (Phi) is 4.85. The number of hydrogen-bond acceptors (Lipinski definition) is 5. The van der Waals surface area contributed by atoms with Crippen LogP contribution >= 0.6 is 11.3 Å². The van der Waals surface area contributed by atoms with Crippen LogP contribution in [0.4, 0.5) is 0 Å². The maximum atomic E-state index is 11.6. The van der Waals surface area contributed by atoms with Gasteiger partial charge < -0.3 is 10.4 Å². The number of nitrogens with one attached hydrogen (secondary N) is 1. The molecule has 1 aromatic heterocycles. The number of piperazine rings is 1. The average Bonchev–Trinajstić information content (AvgIpc) is 3.23. The van der Waals surface area contributed by atoms with Crippen molar-refractivity contribution in [3.8, 4) is 10.4 Å². The van der Waals surface area contributed by atoms with Crippen LogP contribution in [-0.4, -0.2) is 65.7 Å². The summed E-state index contributed by atoms with van der Waals surface area (Å²) in [6.07, 6.45) is -0.389. The van der Waals surface area contributed by atoms with Gasteiger partial charge in [-0.1, -0.05) is 30.3 Å². The minimum Gasteiger partial charge on any atom is -0.390 e. The van der Waals surface area contributed by atoms with Crippen LogP contribution < -0.4 is 5.32 Å². The molecule has 0 spiro atoms. The highest BCUT2D eigenvalue weighted by atomic mass is 32.1. The number of benzene rings is 1. The Morgan fingerprint density at radius 1 is 1.16 bits per heavy atom. The predicted octanol–water partition coefficient (Wildman–Crippen LogP) is 1.39. The van der Waals surface area contributed by atoms with Crippen molar-refractivity contribution >= 4 is 17.2 Å². The van der Waals surface area contributed by atoms with Gasteiger partial charge in [0.05, 0.1) is 18.7 Å². The zero-order valence-corrected chi connectivity index (χ0v) is 14.9. The number of carbonyl (C=O) groups is 1. The van der Waals surface area contributed by atoms with Crippen molar-refractivity contribution < 1.29 is 9.90 Å². The fourth-order valence-electron chi connectivity index (χ4n) is 3.72. The lowest BCUT2D eigenvalue weighted by atomic mass is 10.1. The second-order valence-corrected chi connectivity index (χ2v) is 7.95. The molecule has 2 aliphatic heterocycles. The van der Waals surface area contributed by atoms with Crippen LogP contribution in [0.15, 0.2) is 42.5 Å². The number of thiophene rings is 1. The predicted molar refractivity (Wildman–Crippen MR) is 99.4 cm³/mol. The number of nitrogens with zero attached hydrogens (tertiary/aromatic N) is 2. The number of likely N-dealkylation sites (tertiary alicyclic amines) is 1. The smallest absolute Gasteiger partial charge is 0.234 e. The third-order valence-corrected chi connectivity index (χ3v) is 6.09. The summed E-state index contributed by atoms with van der Waals surface area (Å²) in [7, 11) is 0. The molecule has 5 nitrogen and oxygen atoms in total. The maximum Gasteiger partial charge on any atom is 0.234 e. The number of aliphatic hydroxyl groups excluding tert-OH is 1. The lowest BCUT2D eigenvalue weighted by molar-refractivity contribution is -0.125. The van der Waals surface area contributed by atoms with Crippen molar-refractivity contribution in [3.05, 3.63) is 47.3 Å². The molecule has 2 aromatic rings. The Morgan fingerprint density at radius 2 is 2.00 bits per heavy atom. The molecule has 6 heteroatoms. The molecule has 0 aliphatic carbocycles. The van der Waals surface area contributed by atoms with E-state index < -0.39 is 0 Å². The largest absolute Gasteiger partial charge is 0.390 e. The van der Waals surface area contributed by atoms with Gasteiger partial charge in [-0.2, -0.15) is 0 Å². The van der Waals surface area contributed by atoms with Crippen molar-refractivity contribution in [3.63, 3.8) is 0 Å². The van der Waals surface area contributed by atoms with Crippen molar-refractivity contribution in [1.29, 1.82) is 0 Å². The van der Waals surface area contributed by atoms with Gasteiger partial charge in [-0.05, 0) is 17.7 Å². The molecule has 1 amide bonds. The average molecular weight is 357 g/mol. The van der Waals surface area contributed by atoms with E-state index in [1.807, 2.05) is 17.4 Å². The van der Waals surface area contributed by atoms with E-state index in [-0.39, 0.29) is 18.1 Å². The molecule has 2 N–H and O–H groups in total. The second-order valence-electron chi connectivity index (χ2n) is 6.78. The van der Waals surface area contributed by atoms with Crippen LogP contribution in [0.3, 0.4) is 0 Å². The van der Waals surface area contributed by atoms with E-state index in [1.165, 1.54) is 15.3 Å². The number of hydrogen-bond donors (Lipinski definition) is 2. The van der Waals surface area contributed by atoms with Crippen molar-refractivity contribution in [2.75, 3.05) is 32.7 Å². The highest BCUT2D eigenvalue weighted by Crippen LogP contribution is 2.29. The fourth-order valence-corrected chi connectivity index (χ4v) is 4.77. The monoisotopic (exact) mass is 357 g/mol. The third kappa shape index (κ3) is 3.77. The molecule has 0 radical (unpaired) electrons. The van der Waals surface area contributed by atoms with Gasteiger partial charge in [0.1, 0.15) is 0 Å². The molecule has 1 aromatic carbocycles. The number of carbonyl (C=O) groups excluding carboxylic acids is 1. The molecule has 0 bridgehead atoms. The summed E-state index contributed by atoms with van der Waals surface area (Å²) < 4.78 is 0. The van der Waals surface area contributed by atoms with E-state index >= 15 is 0 Å². The summed E-state index contributed by atoms with van der Waals surface area (Å²) >= 11 is 1.81. The molecule has 2 atom stereocenters. The molecular weight excluding hydrogens is 334 g/mol. The minimum atomic E-state index is -0.389. The molecular formula is C19H23N3O2S. The minimum absolute atomic E-state index is 0.0552. The standard InChI is InChI=1S/C19H23N3O2S/c23-17-12-21(11-16(17)22-9-8-20-19(24)13-22)10-15-6-7-18(25-15)14-4-2-1-3-5-14/h1-7,16-17,23H,8-13H2,(H,20,24)/t16-,17-/m1/s1. The molecule has 3 heterocycles. The van der Waals surface area contributed by atoms with E-state index in [9.17, 15) is 9.90 Å². The molecule has 25 heavy (non-hydrogen) atoms. The van der Waals surface area contributed by atoms with Gasteiger partial charge in [-0.25, -0.2) is 0 Å². The van der Waals surface area contributed by atoms with Gasteiger partial charge in [-0.3, -0.25) is 14.6 Å². The molecule has 2 aliphatic rings.